The fourth-order valence-electron chi connectivity index (χ4n) is 2.73. The Balaban J connectivity index is 1.44. The van der Waals surface area contributed by atoms with Crippen LogP contribution in [-0.2, 0) is 17.6 Å². The van der Waals surface area contributed by atoms with E-state index in [1.165, 1.54) is 5.56 Å². The molecule has 128 valence electrons. The Morgan fingerprint density at radius 1 is 1.38 bits per heavy atom. The van der Waals surface area contributed by atoms with Gasteiger partial charge in [-0.3, -0.25) is 0 Å². The van der Waals surface area contributed by atoms with E-state index in [-0.39, 0.29) is 12.1 Å². The third-order valence-electron chi connectivity index (χ3n) is 3.92. The number of morpholine rings is 1. The second kappa shape index (κ2) is 7.92. The fourth-order valence-corrected chi connectivity index (χ4v) is 2.73. The molecule has 2 amide bonds. The molecule has 7 heteroatoms. The summed E-state index contributed by atoms with van der Waals surface area (Å²) in [5.74, 6) is 1.14. The zero-order valence-corrected chi connectivity index (χ0v) is 13.8. The van der Waals surface area contributed by atoms with Crippen molar-refractivity contribution in [3.63, 3.8) is 0 Å². The van der Waals surface area contributed by atoms with Crippen molar-refractivity contribution in [2.24, 2.45) is 0 Å². The molecule has 1 N–H and O–H groups in total. The van der Waals surface area contributed by atoms with Gasteiger partial charge >= 0.3 is 6.03 Å². The molecule has 1 aromatic carbocycles. The van der Waals surface area contributed by atoms with Crippen LogP contribution in [0.4, 0.5) is 4.79 Å². The first-order valence-corrected chi connectivity index (χ1v) is 8.18. The Morgan fingerprint density at radius 2 is 2.21 bits per heavy atom. The van der Waals surface area contributed by atoms with E-state index in [0.717, 1.165) is 6.42 Å². The number of amides is 2. The van der Waals surface area contributed by atoms with Crippen molar-refractivity contribution >= 4 is 6.03 Å². The standard InChI is InChI=1S/C17H22N4O3/c1-13-19-16(24-20-13)7-8-18-17(22)21-9-10-23-15(12-21)11-14-5-3-2-4-6-14/h2-6,15H,7-12H2,1H3,(H,18,22)/t15-/m0/s1. The molecule has 2 heterocycles. The van der Waals surface area contributed by atoms with Crippen LogP contribution in [0.25, 0.3) is 0 Å². The first-order valence-electron chi connectivity index (χ1n) is 8.18. The minimum atomic E-state index is -0.0763. The first-order chi connectivity index (χ1) is 11.7. The van der Waals surface area contributed by atoms with Crippen molar-refractivity contribution in [3.8, 4) is 0 Å². The van der Waals surface area contributed by atoms with Crippen LogP contribution in [0.1, 0.15) is 17.3 Å². The molecule has 0 spiro atoms. The Hall–Kier alpha value is -2.41. The topological polar surface area (TPSA) is 80.5 Å². The van der Waals surface area contributed by atoms with Crippen molar-refractivity contribution in [3.05, 3.63) is 47.6 Å². The first kappa shape index (κ1) is 16.4. The van der Waals surface area contributed by atoms with Gasteiger partial charge in [0.1, 0.15) is 0 Å². The number of ether oxygens (including phenoxy) is 1. The molecule has 1 saturated heterocycles. The Bertz CT molecular complexity index is 659. The summed E-state index contributed by atoms with van der Waals surface area (Å²) in [7, 11) is 0. The maximum absolute atomic E-state index is 12.3. The number of nitrogens with one attached hydrogen (secondary N) is 1. The summed E-state index contributed by atoms with van der Waals surface area (Å²) >= 11 is 0. The van der Waals surface area contributed by atoms with Crippen molar-refractivity contribution in [2.45, 2.75) is 25.9 Å². The maximum Gasteiger partial charge on any atom is 0.317 e. The van der Waals surface area contributed by atoms with E-state index in [2.05, 4.69) is 27.6 Å². The molecule has 3 rings (SSSR count). The average molecular weight is 330 g/mol. The van der Waals surface area contributed by atoms with Crippen LogP contribution in [0, 0.1) is 6.92 Å². The second-order valence-electron chi connectivity index (χ2n) is 5.85. The normalized spacial score (nSPS) is 17.7. The zero-order valence-electron chi connectivity index (χ0n) is 13.8. The van der Waals surface area contributed by atoms with Crippen molar-refractivity contribution in [1.82, 2.24) is 20.4 Å². The molecule has 7 nitrogen and oxygen atoms in total. The molecule has 1 aromatic heterocycles. The van der Waals surface area contributed by atoms with Crippen LogP contribution in [0.3, 0.4) is 0 Å². The van der Waals surface area contributed by atoms with E-state index in [4.69, 9.17) is 9.26 Å². The minimum absolute atomic E-state index is 0.0329. The molecule has 2 aromatic rings. The van der Waals surface area contributed by atoms with Gasteiger partial charge in [-0.15, -0.1) is 0 Å². The lowest BCUT2D eigenvalue weighted by Crippen LogP contribution is -2.50. The largest absolute Gasteiger partial charge is 0.374 e. The van der Waals surface area contributed by atoms with E-state index in [1.807, 2.05) is 18.2 Å². The van der Waals surface area contributed by atoms with E-state index < -0.39 is 0 Å². The molecular formula is C17H22N4O3. The summed E-state index contributed by atoms with van der Waals surface area (Å²) in [6.07, 6.45) is 1.38. The molecule has 1 aliphatic heterocycles. The number of benzene rings is 1. The number of rotatable bonds is 5. The molecule has 1 aliphatic rings. The molecule has 0 radical (unpaired) electrons. The van der Waals surface area contributed by atoms with Crippen molar-refractivity contribution < 1.29 is 14.1 Å². The van der Waals surface area contributed by atoms with Crippen LogP contribution in [0.5, 0.6) is 0 Å². The van der Waals surface area contributed by atoms with Gasteiger partial charge in [0, 0.05) is 32.5 Å². The lowest BCUT2D eigenvalue weighted by molar-refractivity contribution is -0.0132. The molecule has 24 heavy (non-hydrogen) atoms. The molecule has 1 fully saturated rings. The Labute approximate surface area is 141 Å². The summed E-state index contributed by atoms with van der Waals surface area (Å²) in [4.78, 5) is 18.2. The minimum Gasteiger partial charge on any atom is -0.374 e. The highest BCUT2D eigenvalue weighted by Gasteiger charge is 2.24. The number of urea groups is 1. The number of hydrogen-bond donors (Lipinski definition) is 1. The number of nitrogens with zero attached hydrogens (tertiary/aromatic N) is 3. The summed E-state index contributed by atoms with van der Waals surface area (Å²) in [5.41, 5.74) is 1.22. The van der Waals surface area contributed by atoms with Crippen LogP contribution < -0.4 is 5.32 Å². The predicted molar refractivity (Wildman–Crippen MR) is 87.6 cm³/mol. The SMILES string of the molecule is Cc1noc(CCNC(=O)N2CCO[C@@H](Cc3ccccc3)C2)n1. The van der Waals surface area contributed by atoms with Crippen LogP contribution >= 0.6 is 0 Å². The number of aryl methyl sites for hydroxylation is 1. The van der Waals surface area contributed by atoms with E-state index in [1.54, 1.807) is 11.8 Å². The maximum atomic E-state index is 12.3. The molecule has 0 aliphatic carbocycles. The van der Waals surface area contributed by atoms with Crippen LogP contribution in [0.2, 0.25) is 0 Å². The van der Waals surface area contributed by atoms with Gasteiger partial charge in [0.05, 0.1) is 12.7 Å². The quantitative estimate of drug-likeness (QED) is 0.900. The van der Waals surface area contributed by atoms with Crippen molar-refractivity contribution in [2.75, 3.05) is 26.2 Å². The van der Waals surface area contributed by atoms with Gasteiger partial charge in [-0.25, -0.2) is 4.79 Å². The Morgan fingerprint density at radius 3 is 2.96 bits per heavy atom. The molecular weight excluding hydrogens is 308 g/mol. The predicted octanol–water partition coefficient (Wildman–Crippen LogP) is 1.57. The summed E-state index contributed by atoms with van der Waals surface area (Å²) in [6.45, 7) is 4.01. The lowest BCUT2D eigenvalue weighted by Gasteiger charge is -2.33. The third-order valence-corrected chi connectivity index (χ3v) is 3.92. The van der Waals surface area contributed by atoms with Gasteiger partial charge in [0.15, 0.2) is 5.82 Å². The number of carbonyl (C=O) groups is 1. The molecule has 1 atom stereocenters. The van der Waals surface area contributed by atoms with Gasteiger partial charge in [-0.05, 0) is 12.5 Å². The van der Waals surface area contributed by atoms with Gasteiger partial charge in [-0.2, -0.15) is 4.98 Å². The van der Waals surface area contributed by atoms with E-state index in [9.17, 15) is 4.79 Å². The van der Waals surface area contributed by atoms with E-state index in [0.29, 0.717) is 44.4 Å². The van der Waals surface area contributed by atoms with Gasteiger partial charge in [0.25, 0.3) is 0 Å². The van der Waals surface area contributed by atoms with E-state index >= 15 is 0 Å². The Kier molecular flexibility index (Phi) is 5.43. The summed E-state index contributed by atoms with van der Waals surface area (Å²) in [6, 6.07) is 10.1. The number of aromatic nitrogens is 2. The number of hydrogen-bond acceptors (Lipinski definition) is 5. The van der Waals surface area contributed by atoms with Crippen LogP contribution in [0.15, 0.2) is 34.9 Å². The summed E-state index contributed by atoms with van der Waals surface area (Å²) in [5, 5.41) is 6.63. The molecule has 0 saturated carbocycles. The fraction of sp³-hybridized carbons (Fsp3) is 0.471. The average Bonchev–Trinajstić information content (AvgIpc) is 3.01. The highest BCUT2D eigenvalue weighted by Crippen LogP contribution is 2.11. The smallest absolute Gasteiger partial charge is 0.317 e. The number of carbonyl (C=O) groups excluding carboxylic acids is 1. The monoisotopic (exact) mass is 330 g/mol. The lowest BCUT2D eigenvalue weighted by atomic mass is 10.1. The van der Waals surface area contributed by atoms with Gasteiger partial charge in [0.2, 0.25) is 5.89 Å². The highest BCUT2D eigenvalue weighted by atomic mass is 16.5. The zero-order chi connectivity index (χ0) is 16.8. The highest BCUT2D eigenvalue weighted by molar-refractivity contribution is 5.74. The van der Waals surface area contributed by atoms with Crippen LogP contribution in [-0.4, -0.2) is 53.4 Å². The third kappa shape index (κ3) is 4.55. The van der Waals surface area contributed by atoms with Crippen molar-refractivity contribution in [1.29, 1.82) is 0 Å². The molecule has 0 bridgehead atoms. The van der Waals surface area contributed by atoms with Gasteiger partial charge in [-0.1, -0.05) is 35.5 Å². The molecule has 0 unspecified atom stereocenters. The second-order valence-corrected chi connectivity index (χ2v) is 5.85. The summed E-state index contributed by atoms with van der Waals surface area (Å²) < 4.78 is 10.8. The van der Waals surface area contributed by atoms with Gasteiger partial charge < -0.3 is 19.5 Å².